The molecule has 2 heterocycles. The van der Waals surface area contributed by atoms with Crippen molar-refractivity contribution in [2.75, 3.05) is 149 Å². The number of carbonyl (C=O) groups is 9. The molecule has 0 unspecified atom stereocenters. The number of ether oxygens (including phenoxy) is 9. The van der Waals surface area contributed by atoms with E-state index < -0.39 is 60.5 Å². The molecular formula is C53H73N9O19S. The maximum absolute atomic E-state index is 12.7. The number of amides is 9. The Balaban J connectivity index is 0.857. The van der Waals surface area contributed by atoms with Crippen molar-refractivity contribution in [1.82, 2.24) is 36.5 Å². The summed E-state index contributed by atoms with van der Waals surface area (Å²) in [5.74, 6) is -4.52. The highest BCUT2D eigenvalue weighted by Gasteiger charge is 2.25. The smallest absolute Gasteiger partial charge is 0.326 e. The number of hydrogen-bond acceptors (Lipinski definition) is 20. The molecule has 0 saturated heterocycles. The summed E-state index contributed by atoms with van der Waals surface area (Å²) in [5.41, 5.74) is 1.17. The lowest BCUT2D eigenvalue weighted by Crippen LogP contribution is -2.47. The van der Waals surface area contributed by atoms with E-state index >= 15 is 0 Å². The molecule has 1 aromatic heterocycles. The van der Waals surface area contributed by atoms with Gasteiger partial charge in [0.1, 0.15) is 17.5 Å². The van der Waals surface area contributed by atoms with Crippen LogP contribution < -0.4 is 42.0 Å². The maximum atomic E-state index is 12.7. The van der Waals surface area contributed by atoms with E-state index in [0.717, 1.165) is 21.8 Å². The summed E-state index contributed by atoms with van der Waals surface area (Å²) >= 11 is 0.993. The second-order valence-corrected chi connectivity index (χ2v) is 18.1. The summed E-state index contributed by atoms with van der Waals surface area (Å²) in [6, 6.07) is 13.4. The van der Waals surface area contributed by atoms with Crippen molar-refractivity contribution >= 4 is 75.5 Å². The molecule has 0 saturated carbocycles. The van der Waals surface area contributed by atoms with Crippen LogP contribution in [0, 0.1) is 0 Å². The molecule has 29 heteroatoms. The van der Waals surface area contributed by atoms with E-state index in [4.69, 9.17) is 42.6 Å². The molecule has 9 amide bonds. The van der Waals surface area contributed by atoms with Crippen LogP contribution in [0.15, 0.2) is 72.1 Å². The third-order valence-corrected chi connectivity index (χ3v) is 11.6. The number of thiazole rings is 1. The number of carboxylic acid groups (broad SMARTS) is 1. The first kappa shape index (κ1) is 67.0. The second-order valence-electron chi connectivity index (χ2n) is 17.2. The third-order valence-electron chi connectivity index (χ3n) is 10.8. The fourth-order valence-electron chi connectivity index (χ4n) is 6.68. The van der Waals surface area contributed by atoms with Crippen LogP contribution in [-0.2, 0) is 78.0 Å². The van der Waals surface area contributed by atoms with E-state index in [1.165, 1.54) is 17.5 Å². The Labute approximate surface area is 477 Å². The van der Waals surface area contributed by atoms with Gasteiger partial charge in [-0.3, -0.25) is 43.8 Å². The van der Waals surface area contributed by atoms with Crippen molar-refractivity contribution in [3.8, 4) is 5.75 Å². The SMILES string of the molecule is O=C(CCOCCOCCOCCOCCOCCOCCOCCOCCNC(=O)CCN1C(=O)C=CC1=O)NCCCOc1ccc(NC(=O)C[C@H](NC(=O)CNC(=O)c2csc(NC(=O)NCc3ccccc3)n2)C(=O)O)cc1. The van der Waals surface area contributed by atoms with Crippen LogP contribution in [-0.4, -0.2) is 213 Å². The molecule has 1 aliphatic heterocycles. The lowest BCUT2D eigenvalue weighted by Gasteiger charge is -2.15. The number of aliphatic carboxylic acids is 1. The summed E-state index contributed by atoms with van der Waals surface area (Å²) in [6.45, 7) is 6.72. The van der Waals surface area contributed by atoms with Crippen LogP contribution in [0.25, 0.3) is 0 Å². The van der Waals surface area contributed by atoms with Crippen LogP contribution in [0.3, 0.4) is 0 Å². The predicted octanol–water partition coefficient (Wildman–Crippen LogP) is 0.632. The standard InChI is InChI=1S/C53H73N9O19S/c63-44(13-17-62-48(67)11-12-49(62)68)55-16-20-74-22-24-76-26-28-78-30-32-80-34-33-79-31-29-77-27-25-75-23-21-73-19-14-45(64)54-15-4-18-81-41-9-7-40(8-10-41)58-46(65)35-42(51(70)71)59-47(66)37-56-50(69)43-38-82-53(60-43)61-52(72)57-36-39-5-2-1-3-6-39/h1-3,5-12,38,42H,4,13-37H2,(H,54,64)(H,55,63)(H,56,69)(H,58,65)(H,59,66)(H,70,71)(H2,57,60,61,72)/t42-/m0/s1. The molecular weight excluding hydrogens is 1100 g/mol. The van der Waals surface area contributed by atoms with Gasteiger partial charge in [-0.15, -0.1) is 11.3 Å². The van der Waals surface area contributed by atoms with Gasteiger partial charge in [0.05, 0.1) is 125 Å². The quantitative estimate of drug-likeness (QED) is 0.0284. The Morgan fingerprint density at radius 2 is 1.10 bits per heavy atom. The minimum Gasteiger partial charge on any atom is -0.494 e. The zero-order chi connectivity index (χ0) is 58.8. The van der Waals surface area contributed by atoms with Gasteiger partial charge in [0.25, 0.3) is 17.7 Å². The van der Waals surface area contributed by atoms with E-state index in [1.54, 1.807) is 24.3 Å². The summed E-state index contributed by atoms with van der Waals surface area (Å²) < 4.78 is 49.4. The number of hydrogen-bond donors (Lipinski definition) is 8. The van der Waals surface area contributed by atoms with Crippen molar-refractivity contribution in [2.45, 2.75) is 38.3 Å². The fourth-order valence-corrected chi connectivity index (χ4v) is 7.37. The molecule has 28 nitrogen and oxygen atoms in total. The average molecular weight is 1170 g/mol. The van der Waals surface area contributed by atoms with Crippen molar-refractivity contribution in [3.05, 3.63) is 83.4 Å². The largest absolute Gasteiger partial charge is 0.494 e. The van der Waals surface area contributed by atoms with Gasteiger partial charge in [-0.25, -0.2) is 14.6 Å². The first-order valence-electron chi connectivity index (χ1n) is 26.4. The molecule has 0 radical (unpaired) electrons. The molecule has 82 heavy (non-hydrogen) atoms. The molecule has 3 aromatic rings. The van der Waals surface area contributed by atoms with E-state index in [-0.39, 0.29) is 55.2 Å². The number of rotatable bonds is 46. The van der Waals surface area contributed by atoms with Gasteiger partial charge in [-0.2, -0.15) is 0 Å². The van der Waals surface area contributed by atoms with Gasteiger partial charge in [-0.05, 0) is 36.2 Å². The Kier molecular flexibility index (Phi) is 33.9. The molecule has 450 valence electrons. The molecule has 0 fully saturated rings. The number of aromatic nitrogens is 1. The molecule has 4 rings (SSSR count). The minimum absolute atomic E-state index is 0.0302. The number of anilines is 2. The Hall–Kier alpha value is -7.48. The highest BCUT2D eigenvalue weighted by molar-refractivity contribution is 7.14. The zero-order valence-electron chi connectivity index (χ0n) is 45.5. The highest BCUT2D eigenvalue weighted by atomic mass is 32.1. The Morgan fingerprint density at radius 1 is 0.561 bits per heavy atom. The number of nitrogens with one attached hydrogen (secondary N) is 7. The number of carbonyl (C=O) groups excluding carboxylic acids is 8. The van der Waals surface area contributed by atoms with Crippen molar-refractivity contribution in [2.24, 2.45) is 0 Å². The van der Waals surface area contributed by atoms with Gasteiger partial charge in [0, 0.05) is 62.2 Å². The number of nitrogens with zero attached hydrogens (tertiary/aromatic N) is 2. The van der Waals surface area contributed by atoms with Crippen LogP contribution in [0.2, 0.25) is 0 Å². The minimum atomic E-state index is -1.59. The first-order valence-corrected chi connectivity index (χ1v) is 27.3. The van der Waals surface area contributed by atoms with Crippen molar-refractivity contribution in [1.29, 1.82) is 0 Å². The number of imide groups is 1. The Bertz CT molecular complexity index is 2430. The molecule has 0 spiro atoms. The van der Waals surface area contributed by atoms with Crippen LogP contribution in [0.1, 0.15) is 41.7 Å². The first-order chi connectivity index (χ1) is 39.9. The molecule has 8 N–H and O–H groups in total. The molecule has 1 aliphatic rings. The predicted molar refractivity (Wildman–Crippen MR) is 294 cm³/mol. The second kappa shape index (κ2) is 41.5. The van der Waals surface area contributed by atoms with E-state index in [1.807, 2.05) is 30.3 Å². The van der Waals surface area contributed by atoms with Crippen LogP contribution in [0.5, 0.6) is 5.75 Å². The van der Waals surface area contributed by atoms with Crippen LogP contribution in [0.4, 0.5) is 15.6 Å². The van der Waals surface area contributed by atoms with Gasteiger partial charge >= 0.3 is 12.0 Å². The summed E-state index contributed by atoms with van der Waals surface area (Å²) in [4.78, 5) is 114. The molecule has 1 atom stereocenters. The third kappa shape index (κ3) is 30.9. The summed E-state index contributed by atoms with van der Waals surface area (Å²) in [5, 5.41) is 28.9. The van der Waals surface area contributed by atoms with Crippen molar-refractivity contribution < 1.29 is 90.9 Å². The van der Waals surface area contributed by atoms with Gasteiger partial charge < -0.3 is 79.6 Å². The van der Waals surface area contributed by atoms with Gasteiger partial charge in [0.2, 0.25) is 23.6 Å². The zero-order valence-corrected chi connectivity index (χ0v) is 46.3. The summed E-state index contributed by atoms with van der Waals surface area (Å²) in [7, 11) is 0. The van der Waals surface area contributed by atoms with Crippen LogP contribution >= 0.6 is 11.3 Å². The molecule has 0 bridgehead atoms. The van der Waals surface area contributed by atoms with Gasteiger partial charge in [-0.1, -0.05) is 30.3 Å². The summed E-state index contributed by atoms with van der Waals surface area (Å²) in [6.07, 6.45) is 2.49. The van der Waals surface area contributed by atoms with Gasteiger partial charge in [0.15, 0.2) is 5.13 Å². The fraction of sp³-hybridized carbons (Fsp3) is 0.509. The Morgan fingerprint density at radius 3 is 1.67 bits per heavy atom. The normalized spacial score (nSPS) is 12.2. The number of benzene rings is 2. The number of urea groups is 1. The molecule has 0 aliphatic carbocycles. The maximum Gasteiger partial charge on any atom is 0.326 e. The highest BCUT2D eigenvalue weighted by Crippen LogP contribution is 2.17. The van der Waals surface area contributed by atoms with E-state index in [9.17, 15) is 48.3 Å². The van der Waals surface area contributed by atoms with Crippen molar-refractivity contribution in [3.63, 3.8) is 0 Å². The molecule has 2 aromatic carbocycles. The van der Waals surface area contributed by atoms with E-state index in [0.29, 0.717) is 137 Å². The lowest BCUT2D eigenvalue weighted by molar-refractivity contribution is -0.143. The lowest BCUT2D eigenvalue weighted by atomic mass is 10.2. The topological polar surface area (TPSA) is 357 Å². The van der Waals surface area contributed by atoms with E-state index in [2.05, 4.69) is 42.2 Å². The number of carboxylic acids is 1. The average Bonchev–Trinajstić information content (AvgIpc) is 4.15. The monoisotopic (exact) mass is 1170 g/mol.